The Labute approximate surface area is 139 Å². The smallest absolute Gasteiger partial charge is 0.339 e. The van der Waals surface area contributed by atoms with Crippen molar-refractivity contribution >= 4 is 16.9 Å². The fourth-order valence-electron chi connectivity index (χ4n) is 2.81. The van der Waals surface area contributed by atoms with Gasteiger partial charge in [-0.1, -0.05) is 12.1 Å². The molecule has 0 radical (unpaired) electrons. The van der Waals surface area contributed by atoms with E-state index in [1.165, 1.54) is 6.07 Å². The van der Waals surface area contributed by atoms with Crippen molar-refractivity contribution < 1.29 is 14.3 Å². The molecule has 3 rings (SSSR count). The van der Waals surface area contributed by atoms with Crippen molar-refractivity contribution in [2.24, 2.45) is 0 Å². The van der Waals surface area contributed by atoms with Crippen molar-refractivity contribution in [3.63, 3.8) is 0 Å². The molecule has 0 bridgehead atoms. The summed E-state index contributed by atoms with van der Waals surface area (Å²) in [5, 5.41) is 9.85. The minimum Gasteiger partial charge on any atom is -0.478 e. The summed E-state index contributed by atoms with van der Waals surface area (Å²) >= 11 is 0. The molecule has 0 saturated heterocycles. The minimum atomic E-state index is -1.10. The monoisotopic (exact) mass is 322 g/mol. The first-order valence-electron chi connectivity index (χ1n) is 7.68. The molecular formula is C20H18O4. The van der Waals surface area contributed by atoms with Gasteiger partial charge in [0.2, 0.25) is 0 Å². The third kappa shape index (κ3) is 2.50. The number of carboxylic acid groups (broad SMARTS) is 1. The molecule has 24 heavy (non-hydrogen) atoms. The lowest BCUT2D eigenvalue weighted by atomic mass is 9.98. The summed E-state index contributed by atoms with van der Waals surface area (Å²) in [5.41, 5.74) is 4.27. The fourth-order valence-corrected chi connectivity index (χ4v) is 2.81. The van der Waals surface area contributed by atoms with Crippen molar-refractivity contribution in [2.45, 2.75) is 27.7 Å². The van der Waals surface area contributed by atoms with Crippen LogP contribution in [0.4, 0.5) is 0 Å². The Morgan fingerprint density at radius 1 is 0.958 bits per heavy atom. The molecule has 0 aliphatic heterocycles. The average molecular weight is 322 g/mol. The Morgan fingerprint density at radius 2 is 1.67 bits per heavy atom. The van der Waals surface area contributed by atoms with Crippen molar-refractivity contribution in [3.05, 3.63) is 68.4 Å². The number of carbonyl (C=O) groups is 1. The van der Waals surface area contributed by atoms with Crippen molar-refractivity contribution in [1.29, 1.82) is 0 Å². The van der Waals surface area contributed by atoms with Crippen LogP contribution in [0.2, 0.25) is 0 Å². The number of hydrogen-bond acceptors (Lipinski definition) is 3. The topological polar surface area (TPSA) is 67.5 Å². The zero-order valence-electron chi connectivity index (χ0n) is 14.1. The maximum atomic E-state index is 12.5. The predicted molar refractivity (Wildman–Crippen MR) is 93.8 cm³/mol. The van der Waals surface area contributed by atoms with Gasteiger partial charge in [0.1, 0.15) is 11.3 Å². The largest absolute Gasteiger partial charge is 0.478 e. The van der Waals surface area contributed by atoms with Crippen LogP contribution in [0.5, 0.6) is 0 Å². The highest BCUT2D eigenvalue weighted by molar-refractivity contribution is 6.03. The summed E-state index contributed by atoms with van der Waals surface area (Å²) in [4.78, 5) is 24.2. The lowest BCUT2D eigenvalue weighted by molar-refractivity contribution is 0.0697. The lowest BCUT2D eigenvalue weighted by Gasteiger charge is -2.11. The maximum absolute atomic E-state index is 12.5. The van der Waals surface area contributed by atoms with Gasteiger partial charge < -0.3 is 9.52 Å². The van der Waals surface area contributed by atoms with Crippen LogP contribution in [0.15, 0.2) is 39.5 Å². The Kier molecular flexibility index (Phi) is 3.76. The highest BCUT2D eigenvalue weighted by Gasteiger charge is 2.19. The molecule has 4 nitrogen and oxygen atoms in total. The summed E-state index contributed by atoms with van der Waals surface area (Å²) in [6.07, 6.45) is 0. The molecule has 0 saturated carbocycles. The van der Waals surface area contributed by atoms with Crippen LogP contribution in [0.1, 0.15) is 32.6 Å². The van der Waals surface area contributed by atoms with E-state index in [0.717, 1.165) is 22.3 Å². The molecule has 0 amide bonds. The molecule has 2 aromatic carbocycles. The van der Waals surface area contributed by atoms with Crippen LogP contribution in [0, 0.1) is 27.7 Å². The van der Waals surface area contributed by atoms with Crippen LogP contribution in [0.3, 0.4) is 0 Å². The van der Waals surface area contributed by atoms with E-state index in [-0.39, 0.29) is 16.6 Å². The molecule has 0 fully saturated rings. The predicted octanol–water partition coefficient (Wildman–Crippen LogP) is 4.39. The van der Waals surface area contributed by atoms with E-state index >= 15 is 0 Å². The van der Waals surface area contributed by atoms with Gasteiger partial charge in [-0.05, 0) is 62.1 Å². The molecule has 0 aliphatic rings. The van der Waals surface area contributed by atoms with Gasteiger partial charge in [0.15, 0.2) is 11.0 Å². The zero-order chi connectivity index (χ0) is 17.6. The number of hydrogen-bond donors (Lipinski definition) is 1. The van der Waals surface area contributed by atoms with Gasteiger partial charge in [-0.15, -0.1) is 0 Å². The Hall–Kier alpha value is -2.88. The molecule has 4 heteroatoms. The van der Waals surface area contributed by atoms with Gasteiger partial charge in [0.25, 0.3) is 0 Å². The molecule has 3 aromatic rings. The third-order valence-corrected chi connectivity index (χ3v) is 4.54. The van der Waals surface area contributed by atoms with Crippen molar-refractivity contribution in [1.82, 2.24) is 0 Å². The third-order valence-electron chi connectivity index (χ3n) is 4.54. The van der Waals surface area contributed by atoms with Gasteiger partial charge in [-0.2, -0.15) is 0 Å². The first-order chi connectivity index (χ1) is 11.3. The number of fused-ring (bicyclic) bond motifs is 1. The normalized spacial score (nSPS) is 11.0. The molecule has 1 aromatic heterocycles. The number of rotatable bonds is 2. The molecule has 122 valence electrons. The van der Waals surface area contributed by atoms with Crippen LogP contribution in [-0.2, 0) is 0 Å². The Balaban J connectivity index is 2.39. The van der Waals surface area contributed by atoms with Gasteiger partial charge >= 0.3 is 5.97 Å². The molecule has 1 heterocycles. The van der Waals surface area contributed by atoms with Crippen molar-refractivity contribution in [3.8, 4) is 11.3 Å². The quantitative estimate of drug-likeness (QED) is 0.759. The SMILES string of the molecule is Cc1ccc(-c2cc(=O)c3cc(C)c(C)c(C(=O)O)c3o2)cc1C. The van der Waals surface area contributed by atoms with Crippen LogP contribution in [0.25, 0.3) is 22.3 Å². The highest BCUT2D eigenvalue weighted by atomic mass is 16.4. The number of carboxylic acids is 1. The fraction of sp³-hybridized carbons (Fsp3) is 0.200. The number of aromatic carboxylic acids is 1. The van der Waals surface area contributed by atoms with E-state index in [0.29, 0.717) is 16.7 Å². The maximum Gasteiger partial charge on any atom is 0.339 e. The minimum absolute atomic E-state index is 0.0489. The summed E-state index contributed by atoms with van der Waals surface area (Å²) in [6.45, 7) is 7.50. The van der Waals surface area contributed by atoms with E-state index in [4.69, 9.17) is 4.42 Å². The number of benzene rings is 2. The van der Waals surface area contributed by atoms with Crippen molar-refractivity contribution in [2.75, 3.05) is 0 Å². The van der Waals surface area contributed by atoms with Crippen LogP contribution in [-0.4, -0.2) is 11.1 Å². The summed E-state index contributed by atoms with van der Waals surface area (Å²) < 4.78 is 5.87. The van der Waals surface area contributed by atoms with Crippen LogP contribution < -0.4 is 5.43 Å². The molecule has 1 N–H and O–H groups in total. The molecule has 0 unspecified atom stereocenters. The van der Waals surface area contributed by atoms with Gasteiger partial charge in [-0.3, -0.25) is 4.79 Å². The Bertz CT molecular complexity index is 1040. The second-order valence-electron chi connectivity index (χ2n) is 6.15. The molecule has 0 spiro atoms. The average Bonchev–Trinajstić information content (AvgIpc) is 2.51. The second kappa shape index (κ2) is 5.64. The second-order valence-corrected chi connectivity index (χ2v) is 6.15. The van der Waals surface area contributed by atoms with E-state index in [1.54, 1.807) is 19.9 Å². The van der Waals surface area contributed by atoms with E-state index in [1.807, 2.05) is 32.0 Å². The summed E-state index contributed by atoms with van der Waals surface area (Å²) in [5.74, 6) is -0.720. The van der Waals surface area contributed by atoms with Gasteiger partial charge in [0, 0.05) is 11.6 Å². The standard InChI is InChI=1S/C20H18O4/c1-10-5-6-14(7-11(10)2)17-9-16(21)15-8-12(3)13(4)18(20(22)23)19(15)24-17/h5-9H,1-4H3,(H,22,23). The summed E-state index contributed by atoms with van der Waals surface area (Å²) in [6, 6.07) is 8.86. The van der Waals surface area contributed by atoms with E-state index in [9.17, 15) is 14.7 Å². The van der Waals surface area contributed by atoms with E-state index in [2.05, 4.69) is 0 Å². The molecular weight excluding hydrogens is 304 g/mol. The van der Waals surface area contributed by atoms with E-state index < -0.39 is 5.97 Å². The molecule has 0 aliphatic carbocycles. The first kappa shape index (κ1) is 16.0. The highest BCUT2D eigenvalue weighted by Crippen LogP contribution is 2.29. The zero-order valence-corrected chi connectivity index (χ0v) is 14.1. The summed E-state index contributed by atoms with van der Waals surface area (Å²) in [7, 11) is 0. The lowest BCUT2D eigenvalue weighted by Crippen LogP contribution is -2.08. The van der Waals surface area contributed by atoms with Gasteiger partial charge in [0.05, 0.1) is 5.39 Å². The van der Waals surface area contributed by atoms with Crippen LogP contribution >= 0.6 is 0 Å². The molecule has 0 atom stereocenters. The number of aryl methyl sites for hydroxylation is 3. The first-order valence-corrected chi connectivity index (χ1v) is 7.68. The Morgan fingerprint density at radius 3 is 2.29 bits per heavy atom. The van der Waals surface area contributed by atoms with Gasteiger partial charge in [-0.25, -0.2) is 4.79 Å².